The van der Waals surface area contributed by atoms with Crippen LogP contribution in [0.1, 0.15) is 18.1 Å². The Morgan fingerprint density at radius 1 is 1.09 bits per heavy atom. The van der Waals surface area contributed by atoms with Gasteiger partial charge in [0.05, 0.1) is 17.6 Å². The summed E-state index contributed by atoms with van der Waals surface area (Å²) < 4.78 is 45.5. The standard InChI is InChI=1S/C22H24F3N5O2S/c1-2-30-20(18-4-3-13-32-18)26-27-21(30)33-15-19(31)29-11-9-28(10-12-29)14-16-5-7-17(8-6-16)22(23,24)25/h3-8,13H,2,9-12,14-15H2,1H3. The molecule has 1 fully saturated rings. The number of carbonyl (C=O) groups is 1. The fraction of sp³-hybridized carbons (Fsp3) is 0.409. The number of aromatic nitrogens is 3. The molecule has 0 spiro atoms. The summed E-state index contributed by atoms with van der Waals surface area (Å²) >= 11 is 1.35. The Morgan fingerprint density at radius 2 is 1.82 bits per heavy atom. The van der Waals surface area contributed by atoms with Crippen molar-refractivity contribution in [2.45, 2.75) is 31.3 Å². The van der Waals surface area contributed by atoms with Crippen LogP contribution in [0.4, 0.5) is 13.2 Å². The topological polar surface area (TPSA) is 67.4 Å². The lowest BCUT2D eigenvalue weighted by atomic mass is 10.1. The number of benzene rings is 1. The van der Waals surface area contributed by atoms with E-state index in [4.69, 9.17) is 4.42 Å². The molecule has 1 amide bonds. The van der Waals surface area contributed by atoms with E-state index in [1.54, 1.807) is 12.3 Å². The molecule has 0 radical (unpaired) electrons. The summed E-state index contributed by atoms with van der Waals surface area (Å²) in [5.74, 6) is 1.55. The van der Waals surface area contributed by atoms with Gasteiger partial charge in [-0.3, -0.25) is 14.3 Å². The molecule has 0 bridgehead atoms. The quantitative estimate of drug-likeness (QED) is 0.477. The van der Waals surface area contributed by atoms with Gasteiger partial charge in [-0.2, -0.15) is 13.2 Å². The van der Waals surface area contributed by atoms with Gasteiger partial charge in [0, 0.05) is 39.3 Å². The molecule has 176 valence electrons. The SMILES string of the molecule is CCn1c(SCC(=O)N2CCN(Cc3ccc(C(F)(F)F)cc3)CC2)nnc1-c1ccco1. The molecule has 0 saturated carbocycles. The second kappa shape index (κ2) is 10.0. The molecule has 1 aromatic carbocycles. The minimum absolute atomic E-state index is 0.0272. The van der Waals surface area contributed by atoms with E-state index in [0.29, 0.717) is 56.0 Å². The molecule has 2 aromatic heterocycles. The number of piperazine rings is 1. The highest BCUT2D eigenvalue weighted by Gasteiger charge is 2.30. The lowest BCUT2D eigenvalue weighted by molar-refractivity contribution is -0.137. The van der Waals surface area contributed by atoms with Crippen LogP contribution in [0.5, 0.6) is 0 Å². The van der Waals surface area contributed by atoms with Crippen molar-refractivity contribution in [2.75, 3.05) is 31.9 Å². The zero-order valence-corrected chi connectivity index (χ0v) is 18.9. The highest BCUT2D eigenvalue weighted by atomic mass is 32.2. The Labute approximate surface area is 193 Å². The van der Waals surface area contributed by atoms with E-state index in [2.05, 4.69) is 15.1 Å². The molecule has 0 unspecified atom stereocenters. The number of thioether (sulfide) groups is 1. The van der Waals surface area contributed by atoms with Gasteiger partial charge in [0.15, 0.2) is 16.7 Å². The Hall–Kier alpha value is -2.79. The third-order valence-electron chi connectivity index (χ3n) is 5.51. The summed E-state index contributed by atoms with van der Waals surface area (Å²) in [6, 6.07) is 8.85. The monoisotopic (exact) mass is 479 g/mol. The molecule has 1 saturated heterocycles. The highest BCUT2D eigenvalue weighted by Crippen LogP contribution is 2.29. The number of hydrogen-bond donors (Lipinski definition) is 0. The maximum absolute atomic E-state index is 12.7. The molecule has 11 heteroatoms. The average molecular weight is 480 g/mol. The number of hydrogen-bond acceptors (Lipinski definition) is 6. The van der Waals surface area contributed by atoms with E-state index in [1.165, 1.54) is 23.9 Å². The maximum atomic E-state index is 12.7. The van der Waals surface area contributed by atoms with Crippen LogP contribution >= 0.6 is 11.8 Å². The van der Waals surface area contributed by atoms with E-state index in [0.717, 1.165) is 17.7 Å². The van der Waals surface area contributed by atoms with Crippen molar-refractivity contribution in [3.05, 3.63) is 53.8 Å². The van der Waals surface area contributed by atoms with Crippen LogP contribution in [0, 0.1) is 0 Å². The molecule has 1 aliphatic rings. The summed E-state index contributed by atoms with van der Waals surface area (Å²) in [7, 11) is 0. The van der Waals surface area contributed by atoms with Crippen LogP contribution in [0.25, 0.3) is 11.6 Å². The van der Waals surface area contributed by atoms with Gasteiger partial charge in [-0.15, -0.1) is 10.2 Å². The predicted octanol–water partition coefficient (Wildman–Crippen LogP) is 4.01. The second-order valence-corrected chi connectivity index (χ2v) is 8.61. The summed E-state index contributed by atoms with van der Waals surface area (Å²) in [4.78, 5) is 16.7. The first-order valence-electron chi connectivity index (χ1n) is 10.6. The molecular weight excluding hydrogens is 455 g/mol. The van der Waals surface area contributed by atoms with Gasteiger partial charge in [0.25, 0.3) is 0 Å². The molecule has 0 aliphatic carbocycles. The van der Waals surface area contributed by atoms with Crippen LogP contribution in [-0.4, -0.2) is 62.4 Å². The Bertz CT molecular complexity index is 1060. The van der Waals surface area contributed by atoms with E-state index >= 15 is 0 Å². The van der Waals surface area contributed by atoms with Gasteiger partial charge < -0.3 is 9.32 Å². The first kappa shape index (κ1) is 23.4. The molecule has 3 heterocycles. The fourth-order valence-corrected chi connectivity index (χ4v) is 4.60. The van der Waals surface area contributed by atoms with Crippen LogP contribution in [-0.2, 0) is 24.1 Å². The first-order valence-corrected chi connectivity index (χ1v) is 11.6. The molecule has 33 heavy (non-hydrogen) atoms. The third-order valence-corrected chi connectivity index (χ3v) is 6.46. The summed E-state index contributed by atoms with van der Waals surface area (Å²) in [5, 5.41) is 9.06. The zero-order chi connectivity index (χ0) is 23.4. The lowest BCUT2D eigenvalue weighted by Crippen LogP contribution is -2.48. The average Bonchev–Trinajstić information content (AvgIpc) is 3.47. The molecule has 7 nitrogen and oxygen atoms in total. The molecule has 4 rings (SSSR count). The number of halogens is 3. The number of nitrogens with zero attached hydrogens (tertiary/aromatic N) is 5. The van der Waals surface area contributed by atoms with E-state index in [1.807, 2.05) is 22.5 Å². The second-order valence-electron chi connectivity index (χ2n) is 7.67. The van der Waals surface area contributed by atoms with Crippen molar-refractivity contribution >= 4 is 17.7 Å². The zero-order valence-electron chi connectivity index (χ0n) is 18.1. The smallest absolute Gasteiger partial charge is 0.416 e. The first-order chi connectivity index (χ1) is 15.8. The molecular formula is C22H24F3N5O2S. The summed E-state index contributed by atoms with van der Waals surface area (Å²) in [6.45, 7) is 5.70. The van der Waals surface area contributed by atoms with Crippen molar-refractivity contribution < 1.29 is 22.4 Å². The van der Waals surface area contributed by atoms with Crippen LogP contribution in [0.2, 0.25) is 0 Å². The van der Waals surface area contributed by atoms with Crippen molar-refractivity contribution in [1.29, 1.82) is 0 Å². The van der Waals surface area contributed by atoms with Gasteiger partial charge in [-0.25, -0.2) is 0 Å². The fourth-order valence-electron chi connectivity index (χ4n) is 3.70. The van der Waals surface area contributed by atoms with Gasteiger partial charge in [0.1, 0.15) is 0 Å². The lowest BCUT2D eigenvalue weighted by Gasteiger charge is -2.34. The molecule has 1 aliphatic heterocycles. The Morgan fingerprint density at radius 3 is 2.42 bits per heavy atom. The van der Waals surface area contributed by atoms with Crippen molar-refractivity contribution in [3.8, 4) is 11.6 Å². The predicted molar refractivity (Wildman–Crippen MR) is 117 cm³/mol. The number of rotatable bonds is 7. The summed E-state index contributed by atoms with van der Waals surface area (Å²) in [5.41, 5.74) is 0.180. The van der Waals surface area contributed by atoms with Crippen LogP contribution < -0.4 is 0 Å². The van der Waals surface area contributed by atoms with E-state index in [-0.39, 0.29) is 11.7 Å². The maximum Gasteiger partial charge on any atom is 0.416 e. The van der Waals surface area contributed by atoms with Crippen LogP contribution in [0.3, 0.4) is 0 Å². The number of alkyl halides is 3. The van der Waals surface area contributed by atoms with E-state index in [9.17, 15) is 18.0 Å². The molecule has 3 aromatic rings. The highest BCUT2D eigenvalue weighted by molar-refractivity contribution is 7.99. The molecule has 0 atom stereocenters. The molecule has 0 N–H and O–H groups in total. The normalized spacial score (nSPS) is 15.2. The van der Waals surface area contributed by atoms with E-state index < -0.39 is 11.7 Å². The van der Waals surface area contributed by atoms with Crippen molar-refractivity contribution in [1.82, 2.24) is 24.6 Å². The van der Waals surface area contributed by atoms with Gasteiger partial charge >= 0.3 is 6.18 Å². The Kier molecular flexibility index (Phi) is 7.08. The van der Waals surface area contributed by atoms with Gasteiger partial charge in [-0.1, -0.05) is 23.9 Å². The largest absolute Gasteiger partial charge is 0.461 e. The third kappa shape index (κ3) is 5.59. The van der Waals surface area contributed by atoms with Crippen LogP contribution in [0.15, 0.2) is 52.2 Å². The minimum Gasteiger partial charge on any atom is -0.461 e. The number of amides is 1. The minimum atomic E-state index is -4.33. The Balaban J connectivity index is 1.26. The van der Waals surface area contributed by atoms with Gasteiger partial charge in [0.2, 0.25) is 5.91 Å². The van der Waals surface area contributed by atoms with Crippen molar-refractivity contribution in [2.24, 2.45) is 0 Å². The van der Waals surface area contributed by atoms with Crippen molar-refractivity contribution in [3.63, 3.8) is 0 Å². The summed E-state index contributed by atoms with van der Waals surface area (Å²) in [6.07, 6.45) is -2.75. The number of carbonyl (C=O) groups excluding carboxylic acids is 1. The van der Waals surface area contributed by atoms with Gasteiger partial charge in [-0.05, 0) is 36.8 Å². The number of furan rings is 1.